The van der Waals surface area contributed by atoms with Crippen LogP contribution in [0.15, 0.2) is 66.4 Å². The van der Waals surface area contributed by atoms with E-state index in [1.54, 1.807) is 31.2 Å². The molecular weight excluding hydrogens is 418 g/mol. The van der Waals surface area contributed by atoms with E-state index in [4.69, 9.17) is 4.74 Å². The van der Waals surface area contributed by atoms with Crippen LogP contribution in [0.4, 0.5) is 4.79 Å². The highest BCUT2D eigenvalue weighted by Crippen LogP contribution is 2.25. The van der Waals surface area contributed by atoms with Crippen molar-refractivity contribution < 1.29 is 19.1 Å². The Morgan fingerprint density at radius 3 is 2.52 bits per heavy atom. The number of esters is 1. The maximum atomic E-state index is 12.9. The summed E-state index contributed by atoms with van der Waals surface area (Å²) < 4.78 is 7.11. The molecule has 1 aromatic heterocycles. The normalized spacial score (nSPS) is 14.6. The number of aromatic nitrogens is 1. The summed E-state index contributed by atoms with van der Waals surface area (Å²) in [4.78, 5) is 38.7. The second-order valence-electron chi connectivity index (χ2n) is 7.80. The van der Waals surface area contributed by atoms with E-state index in [2.05, 4.69) is 5.32 Å². The summed E-state index contributed by atoms with van der Waals surface area (Å²) in [6.45, 7) is 6.17. The molecule has 1 saturated heterocycles. The molecular formula is C26H25N3O4. The van der Waals surface area contributed by atoms with Crippen LogP contribution in [0, 0.1) is 13.8 Å². The fourth-order valence-electron chi connectivity index (χ4n) is 3.95. The van der Waals surface area contributed by atoms with Crippen LogP contribution in [0.3, 0.4) is 0 Å². The van der Waals surface area contributed by atoms with Crippen LogP contribution in [-0.4, -0.2) is 34.0 Å². The third kappa shape index (κ3) is 4.43. The number of benzene rings is 2. The molecule has 1 fully saturated rings. The Hall–Kier alpha value is -4.13. The van der Waals surface area contributed by atoms with Crippen molar-refractivity contribution in [2.45, 2.75) is 27.3 Å². The third-order valence-corrected chi connectivity index (χ3v) is 5.53. The fourth-order valence-corrected chi connectivity index (χ4v) is 3.95. The zero-order chi connectivity index (χ0) is 23.5. The first-order valence-corrected chi connectivity index (χ1v) is 10.7. The van der Waals surface area contributed by atoms with Gasteiger partial charge in [-0.1, -0.05) is 36.4 Å². The van der Waals surface area contributed by atoms with Crippen LogP contribution in [0.5, 0.6) is 0 Å². The summed E-state index contributed by atoms with van der Waals surface area (Å²) in [7, 11) is 0. The molecule has 0 atom stereocenters. The Morgan fingerprint density at radius 2 is 1.79 bits per heavy atom. The number of aryl methyl sites for hydroxylation is 1. The van der Waals surface area contributed by atoms with E-state index in [1.165, 1.54) is 4.90 Å². The molecule has 3 amide bonds. The minimum atomic E-state index is -0.439. The third-order valence-electron chi connectivity index (χ3n) is 5.53. The summed E-state index contributed by atoms with van der Waals surface area (Å²) in [6.07, 6.45) is 1.69. The molecule has 1 N–H and O–H groups in total. The molecule has 1 aliphatic heterocycles. The van der Waals surface area contributed by atoms with Gasteiger partial charge in [0.2, 0.25) is 0 Å². The van der Waals surface area contributed by atoms with Gasteiger partial charge in [-0.15, -0.1) is 0 Å². The van der Waals surface area contributed by atoms with Crippen LogP contribution in [0.2, 0.25) is 0 Å². The molecule has 0 unspecified atom stereocenters. The number of imide groups is 1. The number of amides is 3. The Balaban J connectivity index is 1.62. The van der Waals surface area contributed by atoms with Gasteiger partial charge in [-0.25, -0.2) is 9.59 Å². The van der Waals surface area contributed by atoms with Crippen molar-refractivity contribution in [3.05, 3.63) is 94.4 Å². The van der Waals surface area contributed by atoms with Gasteiger partial charge in [0, 0.05) is 17.1 Å². The van der Waals surface area contributed by atoms with Crippen LogP contribution >= 0.6 is 0 Å². The molecule has 0 spiro atoms. The first-order chi connectivity index (χ1) is 15.9. The second kappa shape index (κ2) is 9.16. The van der Waals surface area contributed by atoms with Crippen molar-refractivity contribution >= 4 is 24.0 Å². The van der Waals surface area contributed by atoms with E-state index in [0.717, 1.165) is 28.2 Å². The standard InChI is InChI=1S/C26H25N3O4/c1-4-33-25(31)20-11-8-12-22(14-20)29-17(2)13-21(18(29)3)15-23-24(30)28(26(32)27-23)16-19-9-6-5-7-10-19/h5-15H,4,16H2,1-3H3,(H,27,32)/b23-15-. The van der Waals surface area contributed by atoms with E-state index in [1.807, 2.05) is 60.9 Å². The van der Waals surface area contributed by atoms with Crippen molar-refractivity contribution in [3.8, 4) is 5.69 Å². The highest BCUT2D eigenvalue weighted by Gasteiger charge is 2.33. The number of ether oxygens (including phenoxy) is 1. The topological polar surface area (TPSA) is 80.6 Å². The lowest BCUT2D eigenvalue weighted by Crippen LogP contribution is -2.30. The summed E-state index contributed by atoms with van der Waals surface area (Å²) in [5, 5.41) is 2.68. The SMILES string of the molecule is CCOC(=O)c1cccc(-n2c(C)cc(/C=C3\NC(=O)N(Cc4ccccc4)C3=O)c2C)c1. The Labute approximate surface area is 192 Å². The number of hydrogen-bond donors (Lipinski definition) is 1. The molecule has 3 aromatic rings. The quantitative estimate of drug-likeness (QED) is 0.349. The average Bonchev–Trinajstić information content (AvgIpc) is 3.24. The number of hydrogen-bond acceptors (Lipinski definition) is 4. The van der Waals surface area contributed by atoms with Gasteiger partial charge in [-0.05, 0) is 62.2 Å². The highest BCUT2D eigenvalue weighted by molar-refractivity contribution is 6.14. The van der Waals surface area contributed by atoms with E-state index >= 15 is 0 Å². The lowest BCUT2D eigenvalue weighted by molar-refractivity contribution is -0.123. The number of nitrogens with zero attached hydrogens (tertiary/aromatic N) is 2. The molecule has 2 aromatic carbocycles. The van der Waals surface area contributed by atoms with Gasteiger partial charge in [0.15, 0.2) is 0 Å². The summed E-state index contributed by atoms with van der Waals surface area (Å²) in [5.74, 6) is -0.736. The van der Waals surface area contributed by atoms with Gasteiger partial charge < -0.3 is 14.6 Å². The van der Waals surface area contributed by atoms with E-state index in [0.29, 0.717) is 12.2 Å². The summed E-state index contributed by atoms with van der Waals surface area (Å²) in [5.41, 5.74) is 5.00. The monoisotopic (exact) mass is 443 g/mol. The summed E-state index contributed by atoms with van der Waals surface area (Å²) in [6, 6.07) is 18.1. The number of carbonyl (C=O) groups is 3. The molecule has 0 aliphatic carbocycles. The van der Waals surface area contributed by atoms with Gasteiger partial charge in [0.1, 0.15) is 5.70 Å². The zero-order valence-electron chi connectivity index (χ0n) is 18.8. The number of rotatable bonds is 6. The average molecular weight is 444 g/mol. The minimum Gasteiger partial charge on any atom is -0.462 e. The minimum absolute atomic E-state index is 0.211. The van der Waals surface area contributed by atoms with Crippen molar-refractivity contribution in [1.29, 1.82) is 0 Å². The van der Waals surface area contributed by atoms with E-state index in [-0.39, 0.29) is 24.1 Å². The molecule has 0 saturated carbocycles. The van der Waals surface area contributed by atoms with Gasteiger partial charge in [0.05, 0.1) is 18.7 Å². The zero-order valence-corrected chi connectivity index (χ0v) is 18.8. The lowest BCUT2D eigenvalue weighted by Gasteiger charge is -2.11. The summed E-state index contributed by atoms with van der Waals surface area (Å²) >= 11 is 0. The molecule has 0 radical (unpaired) electrons. The van der Waals surface area contributed by atoms with Gasteiger partial charge in [0.25, 0.3) is 5.91 Å². The van der Waals surface area contributed by atoms with Crippen LogP contribution < -0.4 is 5.32 Å². The highest BCUT2D eigenvalue weighted by atomic mass is 16.5. The molecule has 2 heterocycles. The Bertz CT molecular complexity index is 1260. The van der Waals surface area contributed by atoms with Crippen LogP contribution in [0.25, 0.3) is 11.8 Å². The van der Waals surface area contributed by atoms with E-state index < -0.39 is 6.03 Å². The molecule has 7 nitrogen and oxygen atoms in total. The van der Waals surface area contributed by atoms with E-state index in [9.17, 15) is 14.4 Å². The maximum absolute atomic E-state index is 12.9. The largest absolute Gasteiger partial charge is 0.462 e. The smallest absolute Gasteiger partial charge is 0.338 e. The van der Waals surface area contributed by atoms with Gasteiger partial charge >= 0.3 is 12.0 Å². The lowest BCUT2D eigenvalue weighted by atomic mass is 10.2. The molecule has 168 valence electrons. The van der Waals surface area contributed by atoms with Crippen LogP contribution in [0.1, 0.15) is 39.8 Å². The molecule has 0 bridgehead atoms. The number of carbonyl (C=O) groups excluding carboxylic acids is 3. The fraction of sp³-hybridized carbons (Fsp3) is 0.192. The maximum Gasteiger partial charge on any atom is 0.338 e. The first-order valence-electron chi connectivity index (χ1n) is 10.7. The number of urea groups is 1. The van der Waals surface area contributed by atoms with Crippen molar-refractivity contribution in [3.63, 3.8) is 0 Å². The number of nitrogens with one attached hydrogen (secondary N) is 1. The second-order valence-corrected chi connectivity index (χ2v) is 7.80. The van der Waals surface area contributed by atoms with Gasteiger partial charge in [-0.2, -0.15) is 0 Å². The van der Waals surface area contributed by atoms with Crippen molar-refractivity contribution in [2.24, 2.45) is 0 Å². The first kappa shape index (κ1) is 22.1. The molecule has 7 heteroatoms. The molecule has 4 rings (SSSR count). The predicted molar refractivity (Wildman–Crippen MR) is 125 cm³/mol. The predicted octanol–water partition coefficient (Wildman–Crippen LogP) is 4.36. The van der Waals surface area contributed by atoms with Gasteiger partial charge in [-0.3, -0.25) is 9.69 Å². The Kier molecular flexibility index (Phi) is 6.13. The van der Waals surface area contributed by atoms with Crippen molar-refractivity contribution in [2.75, 3.05) is 6.61 Å². The van der Waals surface area contributed by atoms with Crippen LogP contribution in [-0.2, 0) is 16.1 Å². The Morgan fingerprint density at radius 1 is 1.03 bits per heavy atom. The molecule has 1 aliphatic rings. The molecule has 33 heavy (non-hydrogen) atoms. The van der Waals surface area contributed by atoms with Crippen molar-refractivity contribution in [1.82, 2.24) is 14.8 Å².